The van der Waals surface area contributed by atoms with Crippen LogP contribution in [-0.2, 0) is 25.6 Å². The number of fused-ring (bicyclic) bond motifs is 1. The normalized spacial score (nSPS) is 24.6. The van der Waals surface area contributed by atoms with E-state index in [4.69, 9.17) is 14.2 Å². The molecule has 2 aromatic carbocycles. The Balaban J connectivity index is 1.25. The number of ether oxygens (including phenoxy) is 3. The minimum atomic E-state index is -0.700. The second-order valence-electron chi connectivity index (χ2n) is 9.07. The molecule has 0 aromatic heterocycles. The van der Waals surface area contributed by atoms with Gasteiger partial charge in [-0.15, -0.1) is 0 Å². The number of hydrogen-bond donors (Lipinski definition) is 2. The number of nitrogens with one attached hydrogen (secondary N) is 1. The molecule has 2 aromatic rings. The predicted molar refractivity (Wildman–Crippen MR) is 130 cm³/mol. The Labute approximate surface area is 206 Å². The molecule has 0 unspecified atom stereocenters. The van der Waals surface area contributed by atoms with Crippen molar-refractivity contribution in [3.05, 3.63) is 60.2 Å². The van der Waals surface area contributed by atoms with Crippen LogP contribution in [0.2, 0.25) is 0 Å². The molecule has 0 saturated carbocycles. The highest BCUT2D eigenvalue weighted by atomic mass is 16.5. The van der Waals surface area contributed by atoms with Crippen molar-refractivity contribution >= 4 is 11.8 Å². The maximum atomic E-state index is 12.6. The molecule has 35 heavy (non-hydrogen) atoms. The summed E-state index contributed by atoms with van der Waals surface area (Å²) in [6, 6.07) is 17.1. The number of para-hydroxylation sites is 1. The minimum absolute atomic E-state index is 0.000861. The smallest absolute Gasteiger partial charge is 0.222 e. The first kappa shape index (κ1) is 25.2. The highest BCUT2D eigenvalue weighted by molar-refractivity contribution is 5.77. The Kier molecular flexibility index (Phi) is 8.74. The lowest BCUT2D eigenvalue weighted by molar-refractivity contribution is -0.169. The number of rotatable bonds is 7. The molecule has 188 valence electrons. The van der Waals surface area contributed by atoms with E-state index in [-0.39, 0.29) is 49.6 Å². The van der Waals surface area contributed by atoms with Crippen LogP contribution in [0.25, 0.3) is 0 Å². The number of amides is 2. The van der Waals surface area contributed by atoms with E-state index >= 15 is 0 Å². The Bertz CT molecular complexity index is 967. The summed E-state index contributed by atoms with van der Waals surface area (Å²) >= 11 is 0. The van der Waals surface area contributed by atoms with Crippen molar-refractivity contribution in [1.29, 1.82) is 0 Å². The monoisotopic (exact) mass is 482 g/mol. The summed E-state index contributed by atoms with van der Waals surface area (Å²) in [6.45, 7) is 2.95. The number of β-amino-alcohol motifs (C(OH)–C–C–N with tert-alkyl or cyclic N) is 1. The first-order valence-electron chi connectivity index (χ1n) is 12.3. The summed E-state index contributed by atoms with van der Waals surface area (Å²) in [6.07, 6.45) is 0.780. The second kappa shape index (κ2) is 12.2. The fourth-order valence-electron chi connectivity index (χ4n) is 4.61. The lowest BCUT2D eigenvalue weighted by atomic mass is 9.94. The Morgan fingerprint density at radius 1 is 1.06 bits per heavy atom. The molecule has 2 fully saturated rings. The summed E-state index contributed by atoms with van der Waals surface area (Å²) in [5.41, 5.74) is 0.976. The summed E-state index contributed by atoms with van der Waals surface area (Å²) in [5.74, 6) is 1.43. The third-order valence-electron chi connectivity index (χ3n) is 6.41. The summed E-state index contributed by atoms with van der Waals surface area (Å²) in [5, 5.41) is 13.1. The van der Waals surface area contributed by atoms with Crippen LogP contribution in [-0.4, -0.2) is 65.9 Å². The van der Waals surface area contributed by atoms with E-state index in [0.717, 1.165) is 17.1 Å². The fraction of sp³-hybridized carbons (Fsp3) is 0.481. The van der Waals surface area contributed by atoms with Crippen molar-refractivity contribution in [1.82, 2.24) is 10.2 Å². The van der Waals surface area contributed by atoms with Gasteiger partial charge in [-0.05, 0) is 42.7 Å². The molecule has 2 amide bonds. The quantitative estimate of drug-likeness (QED) is 0.630. The molecule has 0 aliphatic carbocycles. The van der Waals surface area contributed by atoms with Gasteiger partial charge in [0, 0.05) is 19.5 Å². The number of carbonyl (C=O) groups excluding carboxylic acids is 2. The van der Waals surface area contributed by atoms with Gasteiger partial charge in [0.05, 0.1) is 37.9 Å². The molecule has 8 nitrogen and oxygen atoms in total. The minimum Gasteiger partial charge on any atom is -0.457 e. The molecule has 2 heterocycles. The molecule has 4 rings (SSSR count). The van der Waals surface area contributed by atoms with Crippen LogP contribution >= 0.6 is 0 Å². The molecule has 2 aliphatic heterocycles. The number of benzene rings is 2. The Morgan fingerprint density at radius 3 is 2.54 bits per heavy atom. The van der Waals surface area contributed by atoms with E-state index in [1.165, 1.54) is 0 Å². The molecule has 0 spiro atoms. The van der Waals surface area contributed by atoms with Gasteiger partial charge < -0.3 is 29.5 Å². The first-order valence-corrected chi connectivity index (χ1v) is 12.3. The van der Waals surface area contributed by atoms with Gasteiger partial charge in [0.25, 0.3) is 0 Å². The zero-order chi connectivity index (χ0) is 24.6. The fourth-order valence-corrected chi connectivity index (χ4v) is 4.61. The number of nitrogens with zero attached hydrogens (tertiary/aromatic N) is 1. The molecule has 0 bridgehead atoms. The van der Waals surface area contributed by atoms with Gasteiger partial charge >= 0.3 is 0 Å². The summed E-state index contributed by atoms with van der Waals surface area (Å²) in [4.78, 5) is 26.8. The molecular weight excluding hydrogens is 448 g/mol. The Hall–Kier alpha value is -2.94. The maximum absolute atomic E-state index is 12.6. The molecule has 8 heteroatoms. The van der Waals surface area contributed by atoms with Crippen LogP contribution < -0.4 is 10.1 Å². The maximum Gasteiger partial charge on any atom is 0.222 e. The predicted octanol–water partition coefficient (Wildman–Crippen LogP) is 3.03. The van der Waals surface area contributed by atoms with Gasteiger partial charge in [-0.3, -0.25) is 9.59 Å². The molecule has 2 saturated heterocycles. The van der Waals surface area contributed by atoms with Crippen molar-refractivity contribution < 1.29 is 28.9 Å². The van der Waals surface area contributed by atoms with Crippen LogP contribution in [0.5, 0.6) is 11.5 Å². The van der Waals surface area contributed by atoms with Crippen LogP contribution in [0.1, 0.15) is 38.2 Å². The first-order chi connectivity index (χ1) is 17.0. The van der Waals surface area contributed by atoms with Crippen molar-refractivity contribution in [2.24, 2.45) is 0 Å². The van der Waals surface area contributed by atoms with Gasteiger partial charge in [0.1, 0.15) is 17.6 Å². The van der Waals surface area contributed by atoms with Crippen LogP contribution in [0.15, 0.2) is 54.6 Å². The third-order valence-corrected chi connectivity index (χ3v) is 6.41. The average Bonchev–Trinajstić information content (AvgIpc) is 2.86. The van der Waals surface area contributed by atoms with E-state index in [9.17, 15) is 14.7 Å². The van der Waals surface area contributed by atoms with E-state index in [2.05, 4.69) is 5.32 Å². The van der Waals surface area contributed by atoms with E-state index in [1.54, 1.807) is 4.90 Å². The van der Waals surface area contributed by atoms with Crippen LogP contribution in [0.4, 0.5) is 0 Å². The van der Waals surface area contributed by atoms with Gasteiger partial charge in [-0.1, -0.05) is 37.3 Å². The standard InChI is InChI=1S/C27H34N2O6/c1-2-27(32)29-16-20(30)17-33-18-25-24(29)13-12-23(35-25)14-26(31)28-15-19-8-10-22(11-9-19)34-21-6-4-3-5-7-21/h3-11,20,23-25,30H,2,12-18H2,1H3,(H,28,31)/t20-,23-,24-,25+/m1/s1. The zero-order valence-electron chi connectivity index (χ0n) is 20.1. The number of hydrogen-bond acceptors (Lipinski definition) is 6. The van der Waals surface area contributed by atoms with E-state index in [0.29, 0.717) is 32.4 Å². The largest absolute Gasteiger partial charge is 0.457 e. The Morgan fingerprint density at radius 2 is 1.80 bits per heavy atom. The second-order valence-corrected chi connectivity index (χ2v) is 9.07. The van der Waals surface area contributed by atoms with E-state index < -0.39 is 6.10 Å². The average molecular weight is 483 g/mol. The van der Waals surface area contributed by atoms with Crippen molar-refractivity contribution in [2.45, 2.75) is 63.5 Å². The zero-order valence-corrected chi connectivity index (χ0v) is 20.1. The van der Waals surface area contributed by atoms with Gasteiger partial charge in [-0.25, -0.2) is 0 Å². The number of aliphatic hydroxyl groups excluding tert-OH is 1. The van der Waals surface area contributed by atoms with Gasteiger partial charge in [0.15, 0.2) is 0 Å². The van der Waals surface area contributed by atoms with Crippen LogP contribution in [0.3, 0.4) is 0 Å². The van der Waals surface area contributed by atoms with Gasteiger partial charge in [-0.2, -0.15) is 0 Å². The van der Waals surface area contributed by atoms with Crippen molar-refractivity contribution in [2.75, 3.05) is 19.8 Å². The highest BCUT2D eigenvalue weighted by Crippen LogP contribution is 2.28. The molecule has 2 N–H and O–H groups in total. The van der Waals surface area contributed by atoms with Gasteiger partial charge in [0.2, 0.25) is 11.8 Å². The van der Waals surface area contributed by atoms with E-state index in [1.807, 2.05) is 61.5 Å². The molecular formula is C27H34N2O6. The molecule has 0 radical (unpaired) electrons. The third kappa shape index (κ3) is 7.04. The van der Waals surface area contributed by atoms with Crippen molar-refractivity contribution in [3.8, 4) is 11.5 Å². The lowest BCUT2D eigenvalue weighted by Crippen LogP contribution is -2.57. The molecule has 2 aliphatic rings. The van der Waals surface area contributed by atoms with Crippen LogP contribution in [0, 0.1) is 0 Å². The SMILES string of the molecule is CCC(=O)N1C[C@@H](O)COC[C@@H]2O[C@@H](CC(=O)NCc3ccc(Oc4ccccc4)cc3)CC[C@H]21. The number of aliphatic hydroxyl groups is 1. The summed E-state index contributed by atoms with van der Waals surface area (Å²) < 4.78 is 17.6. The molecule has 4 atom stereocenters. The lowest BCUT2D eigenvalue weighted by Gasteiger charge is -2.44. The summed E-state index contributed by atoms with van der Waals surface area (Å²) in [7, 11) is 0. The van der Waals surface area contributed by atoms with Crippen molar-refractivity contribution in [3.63, 3.8) is 0 Å². The highest BCUT2D eigenvalue weighted by Gasteiger charge is 2.39. The number of carbonyl (C=O) groups is 2. The topological polar surface area (TPSA) is 97.3 Å².